The molecule has 0 aliphatic rings. The molecule has 1 aromatic rings. The molecule has 0 saturated carbocycles. The number of halogens is 1. The SMILES string of the molecule is Cc1c(C)c(C)c(CBr)c(C)c1C. The van der Waals surface area contributed by atoms with Crippen LogP contribution in [0.5, 0.6) is 0 Å². The molecule has 13 heavy (non-hydrogen) atoms. The van der Waals surface area contributed by atoms with E-state index < -0.39 is 0 Å². The Morgan fingerprint density at radius 3 is 1.31 bits per heavy atom. The van der Waals surface area contributed by atoms with Crippen molar-refractivity contribution >= 4 is 15.9 Å². The highest BCUT2D eigenvalue weighted by Gasteiger charge is 2.10. The number of alkyl halides is 1. The van der Waals surface area contributed by atoms with Gasteiger partial charge in [0.25, 0.3) is 0 Å². The van der Waals surface area contributed by atoms with E-state index in [0.717, 1.165) is 5.33 Å². The van der Waals surface area contributed by atoms with Crippen molar-refractivity contribution in [3.63, 3.8) is 0 Å². The highest BCUT2D eigenvalue weighted by molar-refractivity contribution is 9.08. The van der Waals surface area contributed by atoms with Crippen LogP contribution in [-0.2, 0) is 5.33 Å². The first-order valence-corrected chi connectivity index (χ1v) is 5.74. The van der Waals surface area contributed by atoms with Gasteiger partial charge in [0.05, 0.1) is 0 Å². The molecule has 0 aliphatic heterocycles. The monoisotopic (exact) mass is 240 g/mol. The van der Waals surface area contributed by atoms with E-state index in [1.165, 1.54) is 33.4 Å². The molecule has 0 heterocycles. The summed E-state index contributed by atoms with van der Waals surface area (Å²) in [6, 6.07) is 0. The minimum Gasteiger partial charge on any atom is -0.0876 e. The second-order valence-corrected chi connectivity index (χ2v) is 4.30. The molecular weight excluding hydrogens is 224 g/mol. The van der Waals surface area contributed by atoms with E-state index in [1.807, 2.05) is 0 Å². The van der Waals surface area contributed by atoms with Crippen molar-refractivity contribution in [1.82, 2.24) is 0 Å². The zero-order valence-corrected chi connectivity index (χ0v) is 10.7. The normalized spacial score (nSPS) is 10.6. The summed E-state index contributed by atoms with van der Waals surface area (Å²) in [5, 5.41) is 0.965. The van der Waals surface area contributed by atoms with Crippen LogP contribution >= 0.6 is 15.9 Å². The number of hydrogen-bond donors (Lipinski definition) is 0. The third-order valence-electron chi connectivity index (χ3n) is 3.29. The minimum absolute atomic E-state index is 0.965. The quantitative estimate of drug-likeness (QED) is 0.648. The minimum atomic E-state index is 0.965. The zero-order valence-electron chi connectivity index (χ0n) is 9.09. The molecule has 1 aromatic carbocycles. The highest BCUT2D eigenvalue weighted by Crippen LogP contribution is 2.27. The van der Waals surface area contributed by atoms with Gasteiger partial charge in [-0.15, -0.1) is 0 Å². The smallest absolute Gasteiger partial charge is 0.0288 e. The van der Waals surface area contributed by atoms with Crippen LogP contribution in [0.3, 0.4) is 0 Å². The second kappa shape index (κ2) is 3.83. The molecule has 1 rings (SSSR count). The Hall–Kier alpha value is -0.300. The van der Waals surface area contributed by atoms with Crippen molar-refractivity contribution in [2.75, 3.05) is 0 Å². The Morgan fingerprint density at radius 2 is 1.00 bits per heavy atom. The Bertz CT molecular complexity index is 308. The maximum Gasteiger partial charge on any atom is 0.0288 e. The van der Waals surface area contributed by atoms with Crippen LogP contribution in [0.4, 0.5) is 0 Å². The molecule has 0 radical (unpaired) electrons. The average Bonchev–Trinajstić information content (AvgIpc) is 2.13. The Balaban J connectivity index is 3.56. The summed E-state index contributed by atoms with van der Waals surface area (Å²) in [6.45, 7) is 11.1. The molecule has 0 saturated heterocycles. The van der Waals surface area contributed by atoms with Gasteiger partial charge in [-0.05, 0) is 68.0 Å². The predicted octanol–water partition coefficient (Wildman–Crippen LogP) is 4.12. The summed E-state index contributed by atoms with van der Waals surface area (Å²) < 4.78 is 0. The van der Waals surface area contributed by atoms with Gasteiger partial charge in [0.1, 0.15) is 0 Å². The fourth-order valence-corrected chi connectivity index (χ4v) is 2.62. The molecule has 1 heteroatoms. The molecule has 0 aliphatic carbocycles. The molecule has 0 amide bonds. The van der Waals surface area contributed by atoms with E-state index in [0.29, 0.717) is 0 Å². The summed E-state index contributed by atoms with van der Waals surface area (Å²) in [4.78, 5) is 0. The van der Waals surface area contributed by atoms with E-state index >= 15 is 0 Å². The largest absolute Gasteiger partial charge is 0.0876 e. The fourth-order valence-electron chi connectivity index (χ4n) is 1.78. The van der Waals surface area contributed by atoms with Crippen LogP contribution in [0.2, 0.25) is 0 Å². The first-order valence-electron chi connectivity index (χ1n) is 4.62. The van der Waals surface area contributed by atoms with Crippen molar-refractivity contribution < 1.29 is 0 Å². The molecule has 72 valence electrons. The van der Waals surface area contributed by atoms with Gasteiger partial charge in [-0.1, -0.05) is 15.9 Å². The molecule has 0 aromatic heterocycles. The standard InChI is InChI=1S/C12H17Br/c1-7-8(2)10(4)12(6-13)11(5)9(7)3/h6H2,1-5H3. The van der Waals surface area contributed by atoms with Crippen LogP contribution in [0.25, 0.3) is 0 Å². The Kier molecular flexibility index (Phi) is 3.18. The first-order chi connectivity index (χ1) is 6.00. The van der Waals surface area contributed by atoms with E-state index in [9.17, 15) is 0 Å². The maximum absolute atomic E-state index is 3.55. The van der Waals surface area contributed by atoms with Crippen molar-refractivity contribution in [2.45, 2.75) is 39.9 Å². The van der Waals surface area contributed by atoms with Crippen molar-refractivity contribution in [1.29, 1.82) is 0 Å². The molecule has 0 unspecified atom stereocenters. The van der Waals surface area contributed by atoms with Gasteiger partial charge in [-0.25, -0.2) is 0 Å². The van der Waals surface area contributed by atoms with Crippen molar-refractivity contribution in [3.05, 3.63) is 33.4 Å². The molecule has 0 nitrogen and oxygen atoms in total. The van der Waals surface area contributed by atoms with Crippen LogP contribution < -0.4 is 0 Å². The fraction of sp³-hybridized carbons (Fsp3) is 0.500. The summed E-state index contributed by atoms with van der Waals surface area (Å²) in [5.41, 5.74) is 8.67. The van der Waals surface area contributed by atoms with Gasteiger partial charge >= 0.3 is 0 Å². The van der Waals surface area contributed by atoms with Gasteiger partial charge in [0, 0.05) is 5.33 Å². The van der Waals surface area contributed by atoms with E-state index in [1.54, 1.807) is 0 Å². The lowest BCUT2D eigenvalue weighted by atomic mass is 9.90. The number of rotatable bonds is 1. The lowest BCUT2D eigenvalue weighted by molar-refractivity contribution is 1.12. The van der Waals surface area contributed by atoms with Gasteiger partial charge in [-0.3, -0.25) is 0 Å². The molecular formula is C12H17Br. The van der Waals surface area contributed by atoms with Crippen molar-refractivity contribution in [2.24, 2.45) is 0 Å². The molecule has 0 fully saturated rings. The summed E-state index contributed by atoms with van der Waals surface area (Å²) >= 11 is 3.55. The maximum atomic E-state index is 3.55. The summed E-state index contributed by atoms with van der Waals surface area (Å²) in [6.07, 6.45) is 0. The van der Waals surface area contributed by atoms with Gasteiger partial charge in [-0.2, -0.15) is 0 Å². The third kappa shape index (κ3) is 1.67. The average molecular weight is 241 g/mol. The topological polar surface area (TPSA) is 0 Å². The molecule has 0 spiro atoms. The Morgan fingerprint density at radius 1 is 0.692 bits per heavy atom. The molecule has 0 atom stereocenters. The number of benzene rings is 1. The summed E-state index contributed by atoms with van der Waals surface area (Å²) in [5.74, 6) is 0. The Labute approximate surface area is 89.5 Å². The molecule has 0 bridgehead atoms. The lowest BCUT2D eigenvalue weighted by Gasteiger charge is -2.16. The van der Waals surface area contributed by atoms with E-state index in [-0.39, 0.29) is 0 Å². The van der Waals surface area contributed by atoms with Crippen LogP contribution in [0.1, 0.15) is 33.4 Å². The third-order valence-corrected chi connectivity index (χ3v) is 3.85. The first kappa shape index (κ1) is 10.8. The summed E-state index contributed by atoms with van der Waals surface area (Å²) in [7, 11) is 0. The van der Waals surface area contributed by atoms with Gasteiger partial charge in [0.15, 0.2) is 0 Å². The molecule has 0 N–H and O–H groups in total. The number of hydrogen-bond acceptors (Lipinski definition) is 0. The van der Waals surface area contributed by atoms with Gasteiger partial charge < -0.3 is 0 Å². The predicted molar refractivity (Wildman–Crippen MR) is 62.8 cm³/mol. The van der Waals surface area contributed by atoms with Gasteiger partial charge in [0.2, 0.25) is 0 Å². The van der Waals surface area contributed by atoms with Crippen molar-refractivity contribution in [3.8, 4) is 0 Å². The van der Waals surface area contributed by atoms with E-state index in [2.05, 4.69) is 50.5 Å². The van der Waals surface area contributed by atoms with E-state index in [4.69, 9.17) is 0 Å². The second-order valence-electron chi connectivity index (χ2n) is 3.74. The zero-order chi connectivity index (χ0) is 10.2. The van der Waals surface area contributed by atoms with Crippen LogP contribution in [0, 0.1) is 34.6 Å². The van der Waals surface area contributed by atoms with Crippen LogP contribution in [-0.4, -0.2) is 0 Å². The van der Waals surface area contributed by atoms with Crippen LogP contribution in [0.15, 0.2) is 0 Å². The lowest BCUT2D eigenvalue weighted by Crippen LogP contribution is -2.00. The highest BCUT2D eigenvalue weighted by atomic mass is 79.9.